The molecule has 6 nitrogen and oxygen atoms in total. The van der Waals surface area contributed by atoms with Crippen molar-refractivity contribution in [2.45, 2.75) is 32.7 Å². The maximum absolute atomic E-state index is 12.0. The summed E-state index contributed by atoms with van der Waals surface area (Å²) in [6, 6.07) is 14.2. The molecule has 6 heteroatoms. The number of ether oxygens (including phenoxy) is 2. The van der Waals surface area contributed by atoms with Gasteiger partial charge >= 0.3 is 6.03 Å². The fraction of sp³-hybridized carbons (Fsp3) is 0.316. The van der Waals surface area contributed by atoms with Crippen LogP contribution in [0.1, 0.15) is 26.7 Å². The van der Waals surface area contributed by atoms with Crippen molar-refractivity contribution in [2.75, 3.05) is 17.8 Å². The predicted molar refractivity (Wildman–Crippen MR) is 99.9 cm³/mol. The summed E-state index contributed by atoms with van der Waals surface area (Å²) in [4.78, 5) is 12.0. The van der Waals surface area contributed by atoms with Gasteiger partial charge < -0.3 is 25.8 Å². The van der Waals surface area contributed by atoms with E-state index >= 15 is 0 Å². The van der Waals surface area contributed by atoms with E-state index in [0.29, 0.717) is 22.9 Å². The monoisotopic (exact) mass is 343 g/mol. The molecule has 2 rings (SSSR count). The average molecular weight is 343 g/mol. The highest BCUT2D eigenvalue weighted by Crippen LogP contribution is 2.18. The number of hydrogen-bond donors (Lipinski definition) is 3. The molecule has 4 N–H and O–H groups in total. The third-order valence-electron chi connectivity index (χ3n) is 3.74. The number of amides is 2. The van der Waals surface area contributed by atoms with Crippen molar-refractivity contribution >= 4 is 17.4 Å². The molecule has 0 radical (unpaired) electrons. The topological polar surface area (TPSA) is 85.6 Å². The number of rotatable bonds is 8. The molecule has 0 unspecified atom stereocenters. The molecule has 0 bridgehead atoms. The molecule has 0 atom stereocenters. The molecule has 0 aliphatic heterocycles. The van der Waals surface area contributed by atoms with Gasteiger partial charge in [-0.25, -0.2) is 4.79 Å². The van der Waals surface area contributed by atoms with Crippen molar-refractivity contribution in [2.24, 2.45) is 0 Å². The zero-order chi connectivity index (χ0) is 18.1. The number of hydrogen-bond acceptors (Lipinski definition) is 4. The van der Waals surface area contributed by atoms with E-state index in [1.165, 1.54) is 0 Å². The van der Waals surface area contributed by atoms with E-state index in [-0.39, 0.29) is 18.9 Å². The van der Waals surface area contributed by atoms with E-state index in [0.717, 1.165) is 12.8 Å². The molecule has 25 heavy (non-hydrogen) atoms. The van der Waals surface area contributed by atoms with Gasteiger partial charge in [0.1, 0.15) is 11.5 Å². The number of nitrogen functional groups attached to an aromatic ring is 1. The van der Waals surface area contributed by atoms with E-state index < -0.39 is 0 Å². The van der Waals surface area contributed by atoms with Crippen LogP contribution in [0.4, 0.5) is 16.2 Å². The summed E-state index contributed by atoms with van der Waals surface area (Å²) in [5.41, 5.74) is 6.96. The van der Waals surface area contributed by atoms with Crippen LogP contribution < -0.4 is 25.8 Å². The van der Waals surface area contributed by atoms with Crippen molar-refractivity contribution in [1.29, 1.82) is 0 Å². The first kappa shape index (κ1) is 18.4. The zero-order valence-electron chi connectivity index (χ0n) is 14.6. The summed E-state index contributed by atoms with van der Waals surface area (Å²) < 4.78 is 11.1. The highest BCUT2D eigenvalue weighted by molar-refractivity contribution is 5.89. The summed E-state index contributed by atoms with van der Waals surface area (Å²) in [6.45, 7) is 4.15. The lowest BCUT2D eigenvalue weighted by Gasteiger charge is -2.15. The van der Waals surface area contributed by atoms with Crippen molar-refractivity contribution < 1.29 is 14.3 Å². The van der Waals surface area contributed by atoms with Gasteiger partial charge in [0.05, 0.1) is 0 Å². The van der Waals surface area contributed by atoms with Crippen LogP contribution in [-0.4, -0.2) is 18.9 Å². The van der Waals surface area contributed by atoms with Gasteiger partial charge in [0.25, 0.3) is 0 Å². The molecule has 0 spiro atoms. The number of anilines is 2. The maximum atomic E-state index is 12.0. The molecule has 0 fully saturated rings. The van der Waals surface area contributed by atoms with Crippen molar-refractivity contribution in [1.82, 2.24) is 5.32 Å². The molecule has 2 amide bonds. The Kier molecular flexibility index (Phi) is 6.95. The highest BCUT2D eigenvalue weighted by Gasteiger charge is 2.08. The van der Waals surface area contributed by atoms with E-state index in [1.54, 1.807) is 42.5 Å². The van der Waals surface area contributed by atoms with Crippen LogP contribution in [-0.2, 0) is 0 Å². The summed E-state index contributed by atoms with van der Waals surface area (Å²) in [7, 11) is 0. The molecule has 0 aliphatic rings. The first-order valence-corrected chi connectivity index (χ1v) is 8.39. The molecule has 134 valence electrons. The third-order valence-corrected chi connectivity index (χ3v) is 3.74. The van der Waals surface area contributed by atoms with E-state index in [1.807, 2.05) is 19.9 Å². The van der Waals surface area contributed by atoms with Gasteiger partial charge in [0, 0.05) is 23.5 Å². The molecule has 0 saturated heterocycles. The second kappa shape index (κ2) is 9.42. The molecule has 0 heterocycles. The Morgan fingerprint density at radius 2 is 1.72 bits per heavy atom. The van der Waals surface area contributed by atoms with Crippen LogP contribution in [0.25, 0.3) is 0 Å². The largest absolute Gasteiger partial charge is 0.458 e. The van der Waals surface area contributed by atoms with Crippen LogP contribution >= 0.6 is 0 Å². The second-order valence-electron chi connectivity index (χ2n) is 5.62. The van der Waals surface area contributed by atoms with Crippen LogP contribution in [0.15, 0.2) is 48.5 Å². The minimum atomic E-state index is -0.219. The Morgan fingerprint density at radius 3 is 2.40 bits per heavy atom. The number of urea groups is 1. The van der Waals surface area contributed by atoms with E-state index in [9.17, 15) is 4.79 Å². The maximum Gasteiger partial charge on any atom is 0.319 e. The van der Waals surface area contributed by atoms with Crippen molar-refractivity contribution in [3.8, 4) is 11.5 Å². The molecule has 0 aromatic heterocycles. The lowest BCUT2D eigenvalue weighted by molar-refractivity contribution is 0.120. The zero-order valence-corrected chi connectivity index (χ0v) is 14.6. The molecular weight excluding hydrogens is 318 g/mol. The average Bonchev–Trinajstić information content (AvgIpc) is 2.61. The fourth-order valence-electron chi connectivity index (χ4n) is 2.24. The van der Waals surface area contributed by atoms with E-state index in [4.69, 9.17) is 15.2 Å². The minimum Gasteiger partial charge on any atom is -0.458 e. The van der Waals surface area contributed by atoms with Gasteiger partial charge in [-0.05, 0) is 49.2 Å². The minimum absolute atomic E-state index is 0.0628. The first-order chi connectivity index (χ1) is 12.1. The van der Waals surface area contributed by atoms with Gasteiger partial charge in [-0.1, -0.05) is 19.9 Å². The second-order valence-corrected chi connectivity index (χ2v) is 5.62. The van der Waals surface area contributed by atoms with Crippen LogP contribution in [0.5, 0.6) is 11.5 Å². The summed E-state index contributed by atoms with van der Waals surface area (Å²) in [6.07, 6.45) is 1.80. The number of benzene rings is 2. The van der Waals surface area contributed by atoms with Crippen molar-refractivity contribution in [3.05, 3.63) is 48.5 Å². The van der Waals surface area contributed by atoms with Gasteiger partial charge in [0.2, 0.25) is 6.79 Å². The number of carbonyl (C=O) groups excluding carboxylic acids is 1. The van der Waals surface area contributed by atoms with Gasteiger partial charge in [-0.2, -0.15) is 0 Å². The Morgan fingerprint density at radius 1 is 1.04 bits per heavy atom. The molecule has 0 saturated carbocycles. The third kappa shape index (κ3) is 6.25. The Bertz CT molecular complexity index is 670. The number of nitrogens with two attached hydrogens (primary N) is 1. The normalized spacial score (nSPS) is 10.4. The standard InChI is InChI=1S/C19H25N3O3/c1-3-15(4-2)21-19(23)22-16-6-5-7-18(12-16)25-13-24-17-10-8-14(20)9-11-17/h5-12,15H,3-4,13,20H2,1-2H3,(H2,21,22,23). The van der Waals surface area contributed by atoms with Gasteiger partial charge in [-0.15, -0.1) is 0 Å². The first-order valence-electron chi connectivity index (χ1n) is 8.39. The quantitative estimate of drug-likeness (QED) is 0.500. The van der Waals surface area contributed by atoms with Gasteiger partial charge in [-0.3, -0.25) is 0 Å². The Balaban J connectivity index is 1.83. The number of nitrogens with one attached hydrogen (secondary N) is 2. The lowest BCUT2D eigenvalue weighted by atomic mass is 10.2. The van der Waals surface area contributed by atoms with E-state index in [2.05, 4.69) is 10.6 Å². The Hall–Kier alpha value is -2.89. The van der Waals surface area contributed by atoms with Crippen LogP contribution in [0, 0.1) is 0 Å². The molecular formula is C19H25N3O3. The smallest absolute Gasteiger partial charge is 0.319 e. The fourth-order valence-corrected chi connectivity index (χ4v) is 2.24. The highest BCUT2D eigenvalue weighted by atomic mass is 16.7. The van der Waals surface area contributed by atoms with Crippen LogP contribution in [0.3, 0.4) is 0 Å². The number of carbonyl (C=O) groups is 1. The molecule has 0 aliphatic carbocycles. The Labute approximate surface area is 148 Å². The molecule has 2 aromatic carbocycles. The SMILES string of the molecule is CCC(CC)NC(=O)Nc1cccc(OCOc2ccc(N)cc2)c1. The predicted octanol–water partition coefficient (Wildman–Crippen LogP) is 3.99. The van der Waals surface area contributed by atoms with Crippen molar-refractivity contribution in [3.63, 3.8) is 0 Å². The summed E-state index contributed by atoms with van der Waals surface area (Å²) in [5, 5.41) is 5.74. The summed E-state index contributed by atoms with van der Waals surface area (Å²) >= 11 is 0. The summed E-state index contributed by atoms with van der Waals surface area (Å²) in [5.74, 6) is 1.28. The van der Waals surface area contributed by atoms with Crippen LogP contribution in [0.2, 0.25) is 0 Å². The molecule has 2 aromatic rings. The lowest BCUT2D eigenvalue weighted by Crippen LogP contribution is -2.37. The van der Waals surface area contributed by atoms with Gasteiger partial charge in [0.15, 0.2) is 0 Å².